The monoisotopic (exact) mass is 461 g/mol. The van der Waals surface area contributed by atoms with E-state index in [2.05, 4.69) is 15.0 Å². The van der Waals surface area contributed by atoms with Crippen molar-refractivity contribution in [2.24, 2.45) is 17.3 Å². The summed E-state index contributed by atoms with van der Waals surface area (Å²) in [7, 11) is 1.71. The quantitative estimate of drug-likeness (QED) is 0.696. The summed E-state index contributed by atoms with van der Waals surface area (Å²) in [6.07, 6.45) is -0.386. The van der Waals surface area contributed by atoms with E-state index in [0.717, 1.165) is 62.9 Å². The molecule has 1 aromatic rings. The van der Waals surface area contributed by atoms with E-state index >= 15 is 0 Å². The molecule has 11 heteroatoms. The third-order valence-electron chi connectivity index (χ3n) is 6.52. The van der Waals surface area contributed by atoms with Crippen LogP contribution >= 0.6 is 0 Å². The van der Waals surface area contributed by atoms with Crippen LogP contribution in [-0.4, -0.2) is 78.0 Å². The van der Waals surface area contributed by atoms with Crippen LogP contribution in [0.15, 0.2) is 10.6 Å². The molecule has 1 saturated carbocycles. The second-order valence-electron chi connectivity index (χ2n) is 9.04. The minimum absolute atomic E-state index is 0.0349. The fourth-order valence-electron chi connectivity index (χ4n) is 4.62. The van der Waals surface area contributed by atoms with E-state index in [9.17, 15) is 18.0 Å². The van der Waals surface area contributed by atoms with E-state index in [-0.39, 0.29) is 11.3 Å². The first kappa shape index (κ1) is 24.5. The fourth-order valence-corrected chi connectivity index (χ4v) is 4.62. The molecule has 2 saturated heterocycles. The summed E-state index contributed by atoms with van der Waals surface area (Å²) in [6.45, 7) is 7.23. The molecular formula is C21H30F3N3O5. The molecule has 0 bridgehead atoms. The van der Waals surface area contributed by atoms with Gasteiger partial charge >= 0.3 is 12.1 Å². The van der Waals surface area contributed by atoms with Crippen LogP contribution in [0, 0.1) is 24.2 Å². The normalized spacial score (nSPS) is 23.3. The summed E-state index contributed by atoms with van der Waals surface area (Å²) in [6, 6.07) is 2.01. The number of ether oxygens (including phenoxy) is 1. The van der Waals surface area contributed by atoms with E-state index in [1.54, 1.807) is 7.11 Å². The molecule has 1 amide bonds. The van der Waals surface area contributed by atoms with E-state index in [4.69, 9.17) is 19.2 Å². The van der Waals surface area contributed by atoms with Gasteiger partial charge in [0.15, 0.2) is 0 Å². The van der Waals surface area contributed by atoms with Crippen molar-refractivity contribution >= 4 is 11.9 Å². The molecule has 1 aromatic heterocycles. The maximum absolute atomic E-state index is 12.9. The standard InChI is InChI=1S/C19H29N3O3.C2HF3O2/c1-14-9-16(20-25-14)11-21-7-5-19(6-8-21)13-22(10-15-3-4-15)18(23)17(19)12-24-2;3-2(4,5)1(6)7/h9,15,17H,3-8,10-13H2,1-2H3;(H,6,7). The molecule has 4 rings (SSSR count). The number of aryl methyl sites for hydroxylation is 1. The number of halogens is 3. The first-order valence-corrected chi connectivity index (χ1v) is 10.8. The van der Waals surface area contributed by atoms with Crippen LogP contribution in [0.25, 0.3) is 0 Å². The predicted molar refractivity (Wildman–Crippen MR) is 107 cm³/mol. The number of rotatable bonds is 6. The van der Waals surface area contributed by atoms with Crippen LogP contribution in [0.3, 0.4) is 0 Å². The highest BCUT2D eigenvalue weighted by atomic mass is 19.4. The summed E-state index contributed by atoms with van der Waals surface area (Å²) in [4.78, 5) is 26.4. The van der Waals surface area contributed by atoms with Gasteiger partial charge < -0.3 is 19.3 Å². The smallest absolute Gasteiger partial charge is 0.475 e. The lowest BCUT2D eigenvalue weighted by Crippen LogP contribution is -2.45. The number of amides is 1. The van der Waals surface area contributed by atoms with E-state index in [1.807, 2.05) is 13.0 Å². The molecule has 0 aromatic carbocycles. The first-order chi connectivity index (χ1) is 15.0. The average molecular weight is 461 g/mol. The third-order valence-corrected chi connectivity index (χ3v) is 6.52. The number of hydrogen-bond donors (Lipinski definition) is 1. The third kappa shape index (κ3) is 6.00. The van der Waals surface area contributed by atoms with Gasteiger partial charge in [-0.05, 0) is 51.6 Å². The zero-order valence-corrected chi connectivity index (χ0v) is 18.4. The number of piperidine rings is 1. The minimum atomic E-state index is -5.08. The Morgan fingerprint density at radius 3 is 2.44 bits per heavy atom. The molecule has 1 unspecified atom stereocenters. The molecule has 180 valence electrons. The SMILES string of the molecule is COCC1C(=O)N(CC2CC2)CC12CCN(Cc1cc(C)on1)CC2.O=C(O)C(F)(F)F. The van der Waals surface area contributed by atoms with Crippen LogP contribution in [0.4, 0.5) is 13.2 Å². The van der Waals surface area contributed by atoms with Gasteiger partial charge in [0.05, 0.1) is 18.2 Å². The number of aromatic nitrogens is 1. The summed E-state index contributed by atoms with van der Waals surface area (Å²) in [5, 5.41) is 11.2. The van der Waals surface area contributed by atoms with Crippen molar-refractivity contribution in [3.63, 3.8) is 0 Å². The molecule has 8 nitrogen and oxygen atoms in total. The number of likely N-dealkylation sites (tertiary alicyclic amines) is 2. The van der Waals surface area contributed by atoms with Crippen molar-refractivity contribution in [2.45, 2.75) is 45.3 Å². The summed E-state index contributed by atoms with van der Waals surface area (Å²) < 4.78 is 42.3. The number of methoxy groups -OCH3 is 1. The van der Waals surface area contributed by atoms with Gasteiger partial charge in [-0.3, -0.25) is 9.69 Å². The Labute approximate surface area is 184 Å². The molecule has 3 aliphatic rings. The maximum Gasteiger partial charge on any atom is 0.490 e. The molecular weight excluding hydrogens is 431 g/mol. The van der Waals surface area contributed by atoms with Crippen LogP contribution in [0.5, 0.6) is 0 Å². The van der Waals surface area contributed by atoms with Gasteiger partial charge in [0.25, 0.3) is 0 Å². The maximum atomic E-state index is 12.9. The molecule has 2 aliphatic heterocycles. The van der Waals surface area contributed by atoms with Crippen LogP contribution in [-0.2, 0) is 20.9 Å². The lowest BCUT2D eigenvalue weighted by Gasteiger charge is -2.41. The highest BCUT2D eigenvalue weighted by molar-refractivity contribution is 5.82. The zero-order chi connectivity index (χ0) is 23.5. The molecule has 1 N–H and O–H groups in total. The number of carboxylic acids is 1. The van der Waals surface area contributed by atoms with Crippen molar-refractivity contribution in [2.75, 3.05) is 39.9 Å². The molecule has 0 radical (unpaired) electrons. The van der Waals surface area contributed by atoms with Crippen molar-refractivity contribution in [3.05, 3.63) is 17.5 Å². The van der Waals surface area contributed by atoms with Gasteiger partial charge in [0.2, 0.25) is 5.91 Å². The van der Waals surface area contributed by atoms with Crippen LogP contribution in [0.1, 0.15) is 37.1 Å². The van der Waals surface area contributed by atoms with Gasteiger partial charge in [-0.25, -0.2) is 4.79 Å². The topological polar surface area (TPSA) is 96.1 Å². The molecule has 1 atom stereocenters. The minimum Gasteiger partial charge on any atom is -0.475 e. The van der Waals surface area contributed by atoms with Crippen molar-refractivity contribution in [1.29, 1.82) is 0 Å². The highest BCUT2D eigenvalue weighted by Gasteiger charge is 2.53. The predicted octanol–water partition coefficient (Wildman–Crippen LogP) is 2.71. The number of carbonyl (C=O) groups is 2. The van der Waals surface area contributed by atoms with Crippen LogP contribution in [0.2, 0.25) is 0 Å². The first-order valence-electron chi connectivity index (χ1n) is 10.8. The lowest BCUT2D eigenvalue weighted by atomic mass is 9.71. The van der Waals surface area contributed by atoms with Gasteiger partial charge in [0, 0.05) is 38.2 Å². The second-order valence-corrected chi connectivity index (χ2v) is 9.04. The molecule has 3 heterocycles. The number of alkyl halides is 3. The highest BCUT2D eigenvalue weighted by Crippen LogP contribution is 2.47. The van der Waals surface area contributed by atoms with Crippen molar-refractivity contribution < 1.29 is 37.1 Å². The number of hydrogen-bond acceptors (Lipinski definition) is 6. The van der Waals surface area contributed by atoms with Gasteiger partial charge in [-0.1, -0.05) is 5.16 Å². The fraction of sp³-hybridized carbons (Fsp3) is 0.762. The van der Waals surface area contributed by atoms with Gasteiger partial charge in [-0.2, -0.15) is 13.2 Å². The Bertz CT molecular complexity index is 801. The number of nitrogens with zero attached hydrogens (tertiary/aromatic N) is 3. The Hall–Kier alpha value is -2.14. The Morgan fingerprint density at radius 1 is 1.34 bits per heavy atom. The largest absolute Gasteiger partial charge is 0.490 e. The number of aliphatic carboxylic acids is 1. The van der Waals surface area contributed by atoms with Crippen molar-refractivity contribution in [1.82, 2.24) is 15.0 Å². The Kier molecular flexibility index (Phi) is 7.49. The summed E-state index contributed by atoms with van der Waals surface area (Å²) in [5.74, 6) is -0.784. The number of carbonyl (C=O) groups excluding carboxylic acids is 1. The average Bonchev–Trinajstić information content (AvgIpc) is 3.40. The van der Waals surface area contributed by atoms with E-state index in [1.165, 1.54) is 12.8 Å². The molecule has 32 heavy (non-hydrogen) atoms. The molecule has 1 aliphatic carbocycles. The lowest BCUT2D eigenvalue weighted by molar-refractivity contribution is -0.192. The van der Waals surface area contributed by atoms with Crippen LogP contribution < -0.4 is 0 Å². The summed E-state index contributed by atoms with van der Waals surface area (Å²) >= 11 is 0. The molecule has 1 spiro atoms. The number of carboxylic acid groups (broad SMARTS) is 1. The molecule has 3 fully saturated rings. The van der Waals surface area contributed by atoms with Gasteiger partial charge in [-0.15, -0.1) is 0 Å². The zero-order valence-electron chi connectivity index (χ0n) is 18.4. The summed E-state index contributed by atoms with van der Waals surface area (Å²) in [5.41, 5.74) is 1.10. The Morgan fingerprint density at radius 2 is 1.97 bits per heavy atom. The van der Waals surface area contributed by atoms with E-state index < -0.39 is 12.1 Å². The van der Waals surface area contributed by atoms with Crippen molar-refractivity contribution in [3.8, 4) is 0 Å². The van der Waals surface area contributed by atoms with E-state index in [0.29, 0.717) is 12.5 Å². The second kappa shape index (κ2) is 9.78. The van der Waals surface area contributed by atoms with Gasteiger partial charge in [0.1, 0.15) is 5.76 Å². The Balaban J connectivity index is 0.000000360.